The Labute approximate surface area is 134 Å². The molecule has 0 aromatic rings. The van der Waals surface area contributed by atoms with Gasteiger partial charge >= 0.3 is 0 Å². The molecule has 1 nitrogen and oxygen atoms in total. The minimum absolute atomic E-state index is 0.961. The van der Waals surface area contributed by atoms with Crippen molar-refractivity contribution in [3.05, 3.63) is 0 Å². The summed E-state index contributed by atoms with van der Waals surface area (Å²) in [5.41, 5.74) is 1.93. The summed E-state index contributed by atoms with van der Waals surface area (Å²) in [5, 5.41) is 0. The molecule has 0 aromatic heterocycles. The lowest BCUT2D eigenvalue weighted by Gasteiger charge is -2.48. The van der Waals surface area contributed by atoms with Crippen LogP contribution in [0, 0.1) is 11.8 Å². The fourth-order valence-corrected chi connectivity index (χ4v) is 11.2. The van der Waals surface area contributed by atoms with E-state index in [-0.39, 0.29) is 0 Å². The van der Waals surface area contributed by atoms with E-state index in [1.165, 1.54) is 63.8 Å². The first kappa shape index (κ1) is 17.5. The van der Waals surface area contributed by atoms with Crippen LogP contribution in [0.15, 0.2) is 0 Å². The molecule has 0 aromatic carbocycles. The Balaban J connectivity index is 2.15. The SMILES string of the molecule is CCC[Si](OCC)(C1CCC(C)CC1)C1CCC(C)CC1. The zero-order valence-electron chi connectivity index (χ0n) is 15.0. The van der Waals surface area contributed by atoms with Gasteiger partial charge in [0.2, 0.25) is 0 Å². The Hall–Kier alpha value is 0.177. The highest BCUT2D eigenvalue weighted by Crippen LogP contribution is 2.52. The van der Waals surface area contributed by atoms with Crippen LogP contribution < -0.4 is 0 Å². The molecule has 0 aliphatic heterocycles. The Morgan fingerprint density at radius 1 is 0.762 bits per heavy atom. The third-order valence-corrected chi connectivity index (χ3v) is 12.5. The fraction of sp³-hybridized carbons (Fsp3) is 1.00. The minimum Gasteiger partial charge on any atom is -0.417 e. The van der Waals surface area contributed by atoms with Crippen LogP contribution in [0.25, 0.3) is 0 Å². The van der Waals surface area contributed by atoms with E-state index in [1.807, 2.05) is 0 Å². The second-order valence-corrected chi connectivity index (χ2v) is 12.4. The van der Waals surface area contributed by atoms with Gasteiger partial charge in [-0.25, -0.2) is 0 Å². The lowest BCUT2D eigenvalue weighted by Crippen LogP contribution is -2.50. The lowest BCUT2D eigenvalue weighted by molar-refractivity contribution is 0.252. The van der Waals surface area contributed by atoms with Gasteiger partial charge in [0.1, 0.15) is 0 Å². The molecular formula is C19H38OSi. The summed E-state index contributed by atoms with van der Waals surface area (Å²) >= 11 is 0. The van der Waals surface area contributed by atoms with Gasteiger partial charge < -0.3 is 4.43 Å². The van der Waals surface area contributed by atoms with Gasteiger partial charge in [-0.3, -0.25) is 0 Å². The summed E-state index contributed by atoms with van der Waals surface area (Å²) < 4.78 is 6.76. The molecule has 21 heavy (non-hydrogen) atoms. The third-order valence-electron chi connectivity index (χ3n) is 6.47. The highest BCUT2D eigenvalue weighted by Gasteiger charge is 2.49. The molecule has 124 valence electrons. The first-order valence-electron chi connectivity index (χ1n) is 9.76. The van der Waals surface area contributed by atoms with E-state index in [9.17, 15) is 0 Å². The Kier molecular flexibility index (Phi) is 6.80. The first-order chi connectivity index (χ1) is 10.1. The van der Waals surface area contributed by atoms with Crippen molar-refractivity contribution in [1.29, 1.82) is 0 Å². The van der Waals surface area contributed by atoms with E-state index in [0.717, 1.165) is 29.5 Å². The first-order valence-corrected chi connectivity index (χ1v) is 12.0. The summed E-state index contributed by atoms with van der Waals surface area (Å²) in [5.74, 6) is 1.92. The molecule has 0 amide bonds. The Morgan fingerprint density at radius 2 is 1.19 bits per heavy atom. The molecule has 2 rings (SSSR count). The van der Waals surface area contributed by atoms with Crippen LogP contribution in [-0.4, -0.2) is 14.9 Å². The van der Waals surface area contributed by atoms with Crippen LogP contribution in [0.4, 0.5) is 0 Å². The molecule has 2 saturated carbocycles. The molecule has 0 saturated heterocycles. The van der Waals surface area contributed by atoms with E-state index in [1.54, 1.807) is 0 Å². The number of hydrogen-bond donors (Lipinski definition) is 0. The monoisotopic (exact) mass is 310 g/mol. The van der Waals surface area contributed by atoms with Crippen molar-refractivity contribution in [3.63, 3.8) is 0 Å². The van der Waals surface area contributed by atoms with Crippen molar-refractivity contribution in [1.82, 2.24) is 0 Å². The van der Waals surface area contributed by atoms with Crippen molar-refractivity contribution in [2.24, 2.45) is 11.8 Å². The maximum atomic E-state index is 6.76. The zero-order valence-corrected chi connectivity index (χ0v) is 16.0. The van der Waals surface area contributed by atoms with E-state index < -0.39 is 8.32 Å². The van der Waals surface area contributed by atoms with Crippen LogP contribution in [-0.2, 0) is 4.43 Å². The van der Waals surface area contributed by atoms with Gasteiger partial charge in [0.25, 0.3) is 0 Å². The van der Waals surface area contributed by atoms with Gasteiger partial charge in [0.05, 0.1) is 0 Å². The van der Waals surface area contributed by atoms with Crippen LogP contribution in [0.3, 0.4) is 0 Å². The maximum Gasteiger partial charge on any atom is 0.198 e. The molecule has 0 spiro atoms. The highest BCUT2D eigenvalue weighted by molar-refractivity contribution is 6.76. The molecule has 0 unspecified atom stereocenters. The third kappa shape index (κ3) is 4.13. The normalized spacial score (nSPS) is 37.1. The van der Waals surface area contributed by atoms with Crippen molar-refractivity contribution >= 4 is 8.32 Å². The van der Waals surface area contributed by atoms with Crippen molar-refractivity contribution < 1.29 is 4.43 Å². The predicted octanol–water partition coefficient (Wildman–Crippen LogP) is 6.54. The summed E-state index contributed by atoms with van der Waals surface area (Å²) in [4.78, 5) is 0. The van der Waals surface area contributed by atoms with Gasteiger partial charge in [0, 0.05) is 6.61 Å². The van der Waals surface area contributed by atoms with Gasteiger partial charge in [0.15, 0.2) is 8.32 Å². The Bertz CT molecular complexity index is 258. The number of rotatable bonds is 6. The molecule has 2 heteroatoms. The molecule has 0 atom stereocenters. The molecule has 2 fully saturated rings. The summed E-state index contributed by atoms with van der Waals surface area (Å²) in [6.07, 6.45) is 13.1. The van der Waals surface area contributed by atoms with E-state index in [2.05, 4.69) is 27.7 Å². The molecule has 0 N–H and O–H groups in total. The predicted molar refractivity (Wildman–Crippen MR) is 95.2 cm³/mol. The summed E-state index contributed by atoms with van der Waals surface area (Å²) in [6, 6.07) is 1.43. The van der Waals surface area contributed by atoms with Crippen LogP contribution in [0.1, 0.15) is 85.5 Å². The van der Waals surface area contributed by atoms with E-state index in [0.29, 0.717) is 0 Å². The lowest BCUT2D eigenvalue weighted by atomic mass is 9.90. The van der Waals surface area contributed by atoms with Crippen molar-refractivity contribution in [2.75, 3.05) is 6.61 Å². The fourth-order valence-electron chi connectivity index (χ4n) is 5.21. The largest absolute Gasteiger partial charge is 0.417 e. The Morgan fingerprint density at radius 3 is 1.52 bits per heavy atom. The molecule has 0 radical (unpaired) electrons. The topological polar surface area (TPSA) is 9.23 Å². The standard InChI is InChI=1S/C19H38OSi/c1-5-15-21(20-6-2,18-11-7-16(3)8-12-18)19-13-9-17(4)10-14-19/h16-19H,5-15H2,1-4H3. The van der Waals surface area contributed by atoms with Crippen LogP contribution in [0.2, 0.25) is 17.1 Å². The average Bonchev–Trinajstić information content (AvgIpc) is 2.48. The van der Waals surface area contributed by atoms with E-state index >= 15 is 0 Å². The smallest absolute Gasteiger partial charge is 0.198 e. The van der Waals surface area contributed by atoms with Gasteiger partial charge in [-0.15, -0.1) is 0 Å². The molecule has 2 aliphatic rings. The number of hydrogen-bond acceptors (Lipinski definition) is 1. The van der Waals surface area contributed by atoms with Crippen molar-refractivity contribution in [2.45, 2.75) is 103 Å². The van der Waals surface area contributed by atoms with Crippen LogP contribution >= 0.6 is 0 Å². The van der Waals surface area contributed by atoms with Gasteiger partial charge in [-0.05, 0) is 35.9 Å². The highest BCUT2D eigenvalue weighted by atomic mass is 28.4. The molecular weight excluding hydrogens is 272 g/mol. The second kappa shape index (κ2) is 8.15. The molecule has 2 aliphatic carbocycles. The quantitative estimate of drug-likeness (QED) is 0.506. The van der Waals surface area contributed by atoms with Crippen molar-refractivity contribution in [3.8, 4) is 0 Å². The maximum absolute atomic E-state index is 6.76. The average molecular weight is 311 g/mol. The summed E-state index contributed by atoms with van der Waals surface area (Å²) in [7, 11) is -1.55. The van der Waals surface area contributed by atoms with Crippen LogP contribution in [0.5, 0.6) is 0 Å². The molecule has 0 bridgehead atoms. The zero-order chi connectivity index (χ0) is 15.3. The minimum atomic E-state index is -1.55. The summed E-state index contributed by atoms with van der Waals surface area (Å²) in [6.45, 7) is 10.5. The van der Waals surface area contributed by atoms with Gasteiger partial charge in [-0.1, -0.05) is 78.6 Å². The molecule has 0 heterocycles. The second-order valence-electron chi connectivity index (χ2n) is 8.05. The van der Waals surface area contributed by atoms with E-state index in [4.69, 9.17) is 4.43 Å². The van der Waals surface area contributed by atoms with Gasteiger partial charge in [-0.2, -0.15) is 0 Å².